The lowest BCUT2D eigenvalue weighted by molar-refractivity contribution is 0.0730. The molecule has 0 amide bonds. The monoisotopic (exact) mass is 487 g/mol. The third-order valence-electron chi connectivity index (χ3n) is 7.09. The first-order valence-corrected chi connectivity index (χ1v) is 13.5. The first kappa shape index (κ1) is 23.5. The molecule has 1 aliphatic carbocycles. The molecule has 34 heavy (non-hydrogen) atoms. The predicted molar refractivity (Wildman–Crippen MR) is 129 cm³/mol. The Morgan fingerprint density at radius 3 is 2.38 bits per heavy atom. The van der Waals surface area contributed by atoms with Gasteiger partial charge in [-0.3, -0.25) is 9.69 Å². The lowest BCUT2D eigenvalue weighted by atomic mass is 10.1. The van der Waals surface area contributed by atoms with E-state index in [-0.39, 0.29) is 10.7 Å². The number of anilines is 1. The van der Waals surface area contributed by atoms with E-state index >= 15 is 0 Å². The summed E-state index contributed by atoms with van der Waals surface area (Å²) in [5.74, 6) is 0.948. The minimum atomic E-state index is -3.54. The highest BCUT2D eigenvalue weighted by Gasteiger charge is 2.30. The van der Waals surface area contributed by atoms with Gasteiger partial charge in [-0.05, 0) is 44.9 Å². The Bertz CT molecular complexity index is 1140. The first-order valence-electron chi connectivity index (χ1n) is 12.1. The topological polar surface area (TPSA) is 88.0 Å². The molecule has 0 spiro atoms. The van der Waals surface area contributed by atoms with Crippen LogP contribution in [0, 0.1) is 13.8 Å². The first-order chi connectivity index (χ1) is 16.3. The van der Waals surface area contributed by atoms with Crippen LogP contribution in [0.25, 0.3) is 0 Å². The summed E-state index contributed by atoms with van der Waals surface area (Å²) in [6.45, 7) is 9.18. The molecule has 0 atom stereocenters. The van der Waals surface area contributed by atoms with E-state index in [2.05, 4.69) is 33.2 Å². The number of ether oxygens (including phenoxy) is 1. The van der Waals surface area contributed by atoms with Gasteiger partial charge < -0.3 is 14.2 Å². The van der Waals surface area contributed by atoms with E-state index in [0.717, 1.165) is 43.3 Å². The molecule has 2 aromatic rings. The summed E-state index contributed by atoms with van der Waals surface area (Å²) in [5, 5.41) is 0. The van der Waals surface area contributed by atoms with Gasteiger partial charge in [0.25, 0.3) is 0 Å². The lowest BCUT2D eigenvalue weighted by Crippen LogP contribution is -2.48. The molecule has 3 aliphatic rings. The van der Waals surface area contributed by atoms with Gasteiger partial charge in [-0.15, -0.1) is 0 Å². The van der Waals surface area contributed by atoms with E-state index in [1.165, 1.54) is 29.0 Å². The van der Waals surface area contributed by atoms with Crippen molar-refractivity contribution in [2.75, 3.05) is 63.9 Å². The van der Waals surface area contributed by atoms with Gasteiger partial charge in [-0.2, -0.15) is 4.31 Å². The molecule has 9 nitrogen and oxygen atoms in total. The third-order valence-corrected chi connectivity index (χ3v) is 8.97. The van der Waals surface area contributed by atoms with Crippen LogP contribution in [0.5, 0.6) is 0 Å². The third kappa shape index (κ3) is 4.64. The van der Waals surface area contributed by atoms with Crippen molar-refractivity contribution >= 4 is 21.6 Å². The van der Waals surface area contributed by atoms with Gasteiger partial charge in [0.1, 0.15) is 10.7 Å². The Morgan fingerprint density at radius 1 is 1.06 bits per heavy atom. The fourth-order valence-corrected chi connectivity index (χ4v) is 6.38. The average molecular weight is 488 g/mol. The Hall–Kier alpha value is -2.27. The fraction of sp³-hybridized carbons (Fsp3) is 0.583. The number of aromatic nitrogens is 2. The van der Waals surface area contributed by atoms with E-state index in [9.17, 15) is 13.2 Å². The molecule has 5 rings (SSSR count). The molecule has 4 heterocycles. The highest BCUT2D eigenvalue weighted by Crippen LogP contribution is 2.38. The Labute approximate surface area is 201 Å². The molecular formula is C24H33N5O4S. The number of piperazine rings is 1. The largest absolute Gasteiger partial charge is 0.379 e. The Morgan fingerprint density at radius 2 is 1.76 bits per heavy atom. The van der Waals surface area contributed by atoms with E-state index in [1.54, 1.807) is 12.1 Å². The summed E-state index contributed by atoms with van der Waals surface area (Å²) in [5.41, 5.74) is 3.13. The number of aryl methyl sites for hydroxylation is 1. The van der Waals surface area contributed by atoms with Crippen molar-refractivity contribution in [1.82, 2.24) is 18.8 Å². The van der Waals surface area contributed by atoms with Crippen LogP contribution in [0.1, 0.15) is 40.6 Å². The molecule has 0 bridgehead atoms. The van der Waals surface area contributed by atoms with Crippen LogP contribution >= 0.6 is 0 Å². The quantitative estimate of drug-likeness (QED) is 0.551. The van der Waals surface area contributed by atoms with Crippen molar-refractivity contribution < 1.29 is 17.9 Å². The highest BCUT2D eigenvalue weighted by atomic mass is 32.2. The average Bonchev–Trinajstić information content (AvgIpc) is 3.64. The number of hydrogen-bond donors (Lipinski definition) is 0. The number of ketones is 1. The number of sulfonamides is 1. The second-order valence-electron chi connectivity index (χ2n) is 9.44. The van der Waals surface area contributed by atoms with Crippen molar-refractivity contribution in [1.29, 1.82) is 0 Å². The van der Waals surface area contributed by atoms with Gasteiger partial charge >= 0.3 is 0 Å². The SMILES string of the molecule is Cc1cc(C(=O)CN2CCN(c3ccc(S(=O)(=O)N4CCOCC4)cn3)CC2)c(C)n1C1CC1. The van der Waals surface area contributed by atoms with Crippen LogP contribution in [-0.4, -0.2) is 92.0 Å². The van der Waals surface area contributed by atoms with E-state index in [0.29, 0.717) is 38.9 Å². The van der Waals surface area contributed by atoms with E-state index < -0.39 is 10.0 Å². The standard InChI is InChI=1S/C24H33N5O4S/c1-18-15-22(19(2)29(18)20-3-4-20)23(30)17-26-7-9-27(10-8-26)24-6-5-21(16-25-24)34(31,32)28-11-13-33-14-12-28/h5-6,15-16,20H,3-4,7-14,17H2,1-2H3. The normalized spacial score (nSPS) is 20.6. The zero-order valence-corrected chi connectivity index (χ0v) is 20.8. The van der Waals surface area contributed by atoms with Gasteiger partial charge in [-0.25, -0.2) is 13.4 Å². The molecule has 3 fully saturated rings. The van der Waals surface area contributed by atoms with Crippen LogP contribution in [0.3, 0.4) is 0 Å². The zero-order chi connectivity index (χ0) is 23.9. The Balaban J connectivity index is 1.17. The van der Waals surface area contributed by atoms with Crippen molar-refractivity contribution in [3.63, 3.8) is 0 Å². The van der Waals surface area contributed by atoms with Crippen molar-refractivity contribution in [3.05, 3.63) is 41.3 Å². The number of pyridine rings is 1. The molecule has 2 aromatic heterocycles. The minimum absolute atomic E-state index is 0.184. The highest BCUT2D eigenvalue weighted by molar-refractivity contribution is 7.89. The summed E-state index contributed by atoms with van der Waals surface area (Å²) in [4.78, 5) is 22.0. The van der Waals surface area contributed by atoms with Crippen molar-refractivity contribution in [3.8, 4) is 0 Å². The molecule has 0 N–H and O–H groups in total. The molecule has 2 saturated heterocycles. The zero-order valence-electron chi connectivity index (χ0n) is 19.9. The molecule has 0 radical (unpaired) electrons. The summed E-state index contributed by atoms with van der Waals surface area (Å²) in [6.07, 6.45) is 3.87. The smallest absolute Gasteiger partial charge is 0.244 e. The number of hydrogen-bond acceptors (Lipinski definition) is 7. The van der Waals surface area contributed by atoms with Crippen molar-refractivity contribution in [2.45, 2.75) is 37.6 Å². The second-order valence-corrected chi connectivity index (χ2v) is 11.4. The van der Waals surface area contributed by atoms with Crippen LogP contribution < -0.4 is 4.90 Å². The van der Waals surface area contributed by atoms with Gasteiger partial charge in [0.05, 0.1) is 19.8 Å². The van der Waals surface area contributed by atoms with Crippen LogP contribution in [0.2, 0.25) is 0 Å². The Kier molecular flexibility index (Phi) is 6.49. The van der Waals surface area contributed by atoms with Gasteiger partial charge in [0, 0.05) is 68.5 Å². The van der Waals surface area contributed by atoms with Crippen molar-refractivity contribution in [2.24, 2.45) is 0 Å². The summed E-state index contributed by atoms with van der Waals surface area (Å²) < 4.78 is 34.6. The molecular weight excluding hydrogens is 454 g/mol. The molecule has 0 aromatic carbocycles. The predicted octanol–water partition coefficient (Wildman–Crippen LogP) is 1.86. The number of carbonyl (C=O) groups excluding carboxylic acids is 1. The number of morpholine rings is 1. The van der Waals surface area contributed by atoms with Crippen LogP contribution in [0.15, 0.2) is 29.3 Å². The number of rotatable bonds is 7. The van der Waals surface area contributed by atoms with Gasteiger partial charge in [0.15, 0.2) is 5.78 Å². The summed E-state index contributed by atoms with van der Waals surface area (Å²) in [6, 6.07) is 6.04. The summed E-state index contributed by atoms with van der Waals surface area (Å²) >= 11 is 0. The van der Waals surface area contributed by atoms with Crippen LogP contribution in [-0.2, 0) is 14.8 Å². The number of Topliss-reactive ketones (excluding diaryl/α,β-unsaturated/α-hetero) is 1. The molecule has 1 saturated carbocycles. The molecule has 10 heteroatoms. The fourth-order valence-electron chi connectivity index (χ4n) is 5.03. The maximum Gasteiger partial charge on any atom is 0.244 e. The molecule has 184 valence electrons. The maximum atomic E-state index is 13.0. The number of carbonyl (C=O) groups is 1. The second kappa shape index (κ2) is 9.41. The molecule has 2 aliphatic heterocycles. The van der Waals surface area contributed by atoms with E-state index in [4.69, 9.17) is 4.74 Å². The maximum absolute atomic E-state index is 13.0. The van der Waals surface area contributed by atoms with Gasteiger partial charge in [0.2, 0.25) is 10.0 Å². The lowest BCUT2D eigenvalue weighted by Gasteiger charge is -2.35. The number of nitrogens with zero attached hydrogens (tertiary/aromatic N) is 5. The molecule has 0 unspecified atom stereocenters. The van der Waals surface area contributed by atoms with Crippen LogP contribution in [0.4, 0.5) is 5.82 Å². The van der Waals surface area contributed by atoms with E-state index in [1.807, 2.05) is 6.07 Å². The van der Waals surface area contributed by atoms with Gasteiger partial charge in [-0.1, -0.05) is 0 Å². The minimum Gasteiger partial charge on any atom is -0.379 e. The summed E-state index contributed by atoms with van der Waals surface area (Å²) in [7, 11) is -3.54.